The van der Waals surface area contributed by atoms with Crippen LogP contribution in [0.2, 0.25) is 0 Å². The molecule has 1 unspecified atom stereocenters. The van der Waals surface area contributed by atoms with E-state index in [0.717, 1.165) is 12.0 Å². The Labute approximate surface area is 126 Å². The van der Waals surface area contributed by atoms with E-state index < -0.39 is 6.10 Å². The summed E-state index contributed by atoms with van der Waals surface area (Å²) >= 11 is 0. The van der Waals surface area contributed by atoms with Gasteiger partial charge in [0.1, 0.15) is 11.5 Å². The van der Waals surface area contributed by atoms with E-state index in [1.807, 2.05) is 12.1 Å². The second-order valence-corrected chi connectivity index (χ2v) is 5.19. The van der Waals surface area contributed by atoms with E-state index in [1.54, 1.807) is 20.3 Å². The van der Waals surface area contributed by atoms with E-state index in [-0.39, 0.29) is 0 Å². The topological polar surface area (TPSA) is 38.7 Å². The lowest BCUT2D eigenvalue weighted by Gasteiger charge is -2.14. The number of ether oxygens (including phenoxy) is 2. The average molecular weight is 286 g/mol. The molecule has 112 valence electrons. The average Bonchev–Trinajstić information content (AvgIpc) is 2.53. The Morgan fingerprint density at radius 1 is 0.952 bits per heavy atom. The lowest BCUT2D eigenvalue weighted by atomic mass is 10.0. The van der Waals surface area contributed by atoms with Gasteiger partial charge in [-0.3, -0.25) is 0 Å². The minimum absolute atomic E-state index is 0.532. The highest BCUT2D eigenvalue weighted by Crippen LogP contribution is 2.28. The number of hydrogen-bond donors (Lipinski definition) is 1. The zero-order valence-electron chi connectivity index (χ0n) is 12.8. The van der Waals surface area contributed by atoms with Gasteiger partial charge < -0.3 is 14.6 Å². The largest absolute Gasteiger partial charge is 0.497 e. The Balaban J connectivity index is 2.05. The Hall–Kier alpha value is -2.00. The van der Waals surface area contributed by atoms with Crippen LogP contribution in [0, 0.1) is 6.92 Å². The van der Waals surface area contributed by atoms with Crippen molar-refractivity contribution in [2.45, 2.75) is 25.9 Å². The molecule has 0 aromatic heterocycles. The molecule has 0 saturated heterocycles. The van der Waals surface area contributed by atoms with Gasteiger partial charge in [0.2, 0.25) is 0 Å². The minimum Gasteiger partial charge on any atom is -0.497 e. The van der Waals surface area contributed by atoms with Crippen LogP contribution in [0.15, 0.2) is 42.5 Å². The van der Waals surface area contributed by atoms with Crippen molar-refractivity contribution >= 4 is 0 Å². The van der Waals surface area contributed by atoms with Crippen molar-refractivity contribution in [2.24, 2.45) is 0 Å². The first-order valence-electron chi connectivity index (χ1n) is 7.09. The third-order valence-electron chi connectivity index (χ3n) is 3.59. The molecule has 0 spiro atoms. The van der Waals surface area contributed by atoms with Gasteiger partial charge in [-0.2, -0.15) is 0 Å². The van der Waals surface area contributed by atoms with Crippen molar-refractivity contribution < 1.29 is 14.6 Å². The number of aliphatic hydroxyl groups is 1. The van der Waals surface area contributed by atoms with Crippen LogP contribution in [-0.2, 0) is 6.42 Å². The van der Waals surface area contributed by atoms with Crippen molar-refractivity contribution in [1.29, 1.82) is 0 Å². The molecule has 2 rings (SSSR count). The Kier molecular flexibility index (Phi) is 5.23. The Morgan fingerprint density at radius 2 is 1.52 bits per heavy atom. The lowest BCUT2D eigenvalue weighted by Crippen LogP contribution is -2.01. The van der Waals surface area contributed by atoms with E-state index >= 15 is 0 Å². The maximum Gasteiger partial charge on any atom is 0.122 e. The van der Waals surface area contributed by atoms with Crippen LogP contribution < -0.4 is 9.47 Å². The van der Waals surface area contributed by atoms with Crippen LogP contribution in [0.5, 0.6) is 11.5 Å². The fourth-order valence-electron chi connectivity index (χ4n) is 2.25. The number of hydrogen-bond acceptors (Lipinski definition) is 3. The van der Waals surface area contributed by atoms with Crippen LogP contribution >= 0.6 is 0 Å². The molecule has 21 heavy (non-hydrogen) atoms. The van der Waals surface area contributed by atoms with Crippen molar-refractivity contribution in [3.8, 4) is 11.5 Å². The summed E-state index contributed by atoms with van der Waals surface area (Å²) in [6.07, 6.45) is 0.968. The van der Waals surface area contributed by atoms with E-state index in [4.69, 9.17) is 9.47 Å². The SMILES string of the molecule is COc1cc(OC)cc(C(O)CCc2ccc(C)cc2)c1. The summed E-state index contributed by atoms with van der Waals surface area (Å²) in [5.41, 5.74) is 3.30. The first kappa shape index (κ1) is 15.4. The highest BCUT2D eigenvalue weighted by Gasteiger charge is 2.11. The Bertz CT molecular complexity index is 553. The third-order valence-corrected chi connectivity index (χ3v) is 3.59. The molecular formula is C18H22O3. The lowest BCUT2D eigenvalue weighted by molar-refractivity contribution is 0.167. The number of rotatable bonds is 6. The fourth-order valence-corrected chi connectivity index (χ4v) is 2.25. The number of benzene rings is 2. The highest BCUT2D eigenvalue weighted by molar-refractivity contribution is 5.39. The normalized spacial score (nSPS) is 12.0. The van der Waals surface area contributed by atoms with E-state index in [0.29, 0.717) is 17.9 Å². The first-order valence-corrected chi connectivity index (χ1v) is 7.09. The number of aryl methyl sites for hydroxylation is 2. The van der Waals surface area contributed by atoms with Crippen LogP contribution in [0.3, 0.4) is 0 Å². The van der Waals surface area contributed by atoms with Gasteiger partial charge in [0.15, 0.2) is 0 Å². The zero-order chi connectivity index (χ0) is 15.2. The molecule has 0 heterocycles. The van der Waals surface area contributed by atoms with Crippen molar-refractivity contribution in [2.75, 3.05) is 14.2 Å². The van der Waals surface area contributed by atoms with Gasteiger partial charge in [-0.15, -0.1) is 0 Å². The zero-order valence-corrected chi connectivity index (χ0v) is 12.8. The number of methoxy groups -OCH3 is 2. The van der Waals surface area contributed by atoms with Crippen LogP contribution in [-0.4, -0.2) is 19.3 Å². The maximum atomic E-state index is 10.4. The van der Waals surface area contributed by atoms with Crippen molar-refractivity contribution in [3.63, 3.8) is 0 Å². The predicted molar refractivity (Wildman–Crippen MR) is 84.0 cm³/mol. The molecule has 0 aliphatic carbocycles. The van der Waals surface area contributed by atoms with E-state index in [9.17, 15) is 5.11 Å². The van der Waals surface area contributed by atoms with Gasteiger partial charge in [0, 0.05) is 6.07 Å². The third kappa shape index (κ3) is 4.23. The standard InChI is InChI=1S/C18H22O3/c1-13-4-6-14(7-5-13)8-9-18(19)15-10-16(20-2)12-17(11-15)21-3/h4-7,10-12,18-19H,8-9H2,1-3H3. The van der Waals surface area contributed by atoms with Crippen LogP contribution in [0.4, 0.5) is 0 Å². The van der Waals surface area contributed by atoms with Gasteiger partial charge in [-0.1, -0.05) is 29.8 Å². The van der Waals surface area contributed by atoms with E-state index in [1.165, 1.54) is 11.1 Å². The van der Waals surface area contributed by atoms with Gasteiger partial charge in [0.25, 0.3) is 0 Å². The number of aliphatic hydroxyl groups excluding tert-OH is 1. The monoisotopic (exact) mass is 286 g/mol. The molecule has 2 aromatic rings. The van der Waals surface area contributed by atoms with Gasteiger partial charge in [-0.05, 0) is 43.0 Å². The second-order valence-electron chi connectivity index (χ2n) is 5.19. The predicted octanol–water partition coefficient (Wildman–Crippen LogP) is 3.68. The molecule has 3 nitrogen and oxygen atoms in total. The molecule has 0 aliphatic rings. The smallest absolute Gasteiger partial charge is 0.122 e. The maximum absolute atomic E-state index is 10.4. The molecule has 0 amide bonds. The molecule has 0 fully saturated rings. The van der Waals surface area contributed by atoms with Crippen molar-refractivity contribution in [1.82, 2.24) is 0 Å². The summed E-state index contributed by atoms with van der Waals surface area (Å²) in [5, 5.41) is 10.4. The fraction of sp³-hybridized carbons (Fsp3) is 0.333. The summed E-state index contributed by atoms with van der Waals surface area (Å²) in [5.74, 6) is 1.39. The molecule has 2 aromatic carbocycles. The summed E-state index contributed by atoms with van der Waals surface area (Å²) < 4.78 is 10.5. The van der Waals surface area contributed by atoms with Crippen molar-refractivity contribution in [3.05, 3.63) is 59.2 Å². The summed E-state index contributed by atoms with van der Waals surface area (Å²) in [6.45, 7) is 2.07. The molecule has 0 radical (unpaired) electrons. The molecule has 1 atom stereocenters. The highest BCUT2D eigenvalue weighted by atomic mass is 16.5. The molecule has 0 saturated carbocycles. The summed E-state index contributed by atoms with van der Waals surface area (Å²) in [6, 6.07) is 13.9. The van der Waals surface area contributed by atoms with Gasteiger partial charge in [0.05, 0.1) is 20.3 Å². The molecule has 0 bridgehead atoms. The molecule has 1 N–H and O–H groups in total. The van der Waals surface area contributed by atoms with E-state index in [2.05, 4.69) is 31.2 Å². The quantitative estimate of drug-likeness (QED) is 0.880. The Morgan fingerprint density at radius 3 is 2.05 bits per heavy atom. The molecule has 3 heteroatoms. The second kappa shape index (κ2) is 7.14. The van der Waals surface area contributed by atoms with Gasteiger partial charge >= 0.3 is 0 Å². The summed E-state index contributed by atoms with van der Waals surface area (Å²) in [7, 11) is 3.22. The van der Waals surface area contributed by atoms with Crippen LogP contribution in [0.1, 0.15) is 29.2 Å². The molecular weight excluding hydrogens is 264 g/mol. The molecule has 0 aliphatic heterocycles. The first-order chi connectivity index (χ1) is 10.1. The summed E-state index contributed by atoms with van der Waals surface area (Å²) in [4.78, 5) is 0. The minimum atomic E-state index is -0.532. The van der Waals surface area contributed by atoms with Gasteiger partial charge in [-0.25, -0.2) is 0 Å². The van der Waals surface area contributed by atoms with Crippen LogP contribution in [0.25, 0.3) is 0 Å².